The first-order valence-corrected chi connectivity index (χ1v) is 14.0. The maximum Gasteiger partial charge on any atom is 0.328 e. The van der Waals surface area contributed by atoms with E-state index in [0.29, 0.717) is 31.9 Å². The van der Waals surface area contributed by atoms with Crippen LogP contribution in [0, 0.1) is 0 Å². The monoisotopic (exact) mass is 648 g/mol. The molecule has 0 aliphatic carbocycles. The molecule has 1 atom stereocenters. The fourth-order valence-corrected chi connectivity index (χ4v) is 5.59. The van der Waals surface area contributed by atoms with E-state index in [2.05, 4.69) is 25.6 Å². The SMILES string of the molecule is NC(=N[C@@H](Cc1ccc(NC(=O)c2c(Cl)cncc2Cl)cc1)C(=O)O)Nc1ccccc1Sc1c(Cl)cncc1Cl. The second kappa shape index (κ2) is 13.9. The molecule has 0 radical (unpaired) electrons. The topological polar surface area (TPSA) is 143 Å². The number of para-hydroxylation sites is 1. The first kappa shape index (κ1) is 30.4. The molecule has 0 bridgehead atoms. The van der Waals surface area contributed by atoms with E-state index in [4.69, 9.17) is 52.1 Å². The number of hydrogen-bond donors (Lipinski definition) is 4. The lowest BCUT2D eigenvalue weighted by Gasteiger charge is -2.14. The fourth-order valence-electron chi connectivity index (χ4n) is 3.56. The largest absolute Gasteiger partial charge is 0.480 e. The summed E-state index contributed by atoms with van der Waals surface area (Å²) in [6, 6.07) is 12.6. The number of aliphatic carboxylic acids is 1. The number of benzene rings is 2. The number of anilines is 2. The number of carboxylic acids is 1. The molecule has 0 spiro atoms. The summed E-state index contributed by atoms with van der Waals surface area (Å²) in [7, 11) is 0. The third-order valence-electron chi connectivity index (χ3n) is 5.47. The van der Waals surface area contributed by atoms with E-state index in [9.17, 15) is 14.7 Å². The van der Waals surface area contributed by atoms with Crippen molar-refractivity contribution in [2.24, 2.45) is 10.7 Å². The normalized spacial score (nSPS) is 12.0. The highest BCUT2D eigenvalue weighted by atomic mass is 35.5. The van der Waals surface area contributed by atoms with Gasteiger partial charge in [-0.3, -0.25) is 14.8 Å². The molecule has 0 aliphatic heterocycles. The van der Waals surface area contributed by atoms with Gasteiger partial charge in [0.05, 0.1) is 36.2 Å². The molecular formula is C27H20Cl4N6O3S. The Hall–Kier alpha value is -3.54. The summed E-state index contributed by atoms with van der Waals surface area (Å²) in [6.07, 6.45) is 5.68. The fraction of sp³-hybridized carbons (Fsp3) is 0.0741. The van der Waals surface area contributed by atoms with Crippen LogP contribution in [-0.4, -0.2) is 39.0 Å². The Labute approximate surface area is 259 Å². The molecule has 2 aromatic carbocycles. The van der Waals surface area contributed by atoms with E-state index in [1.807, 2.05) is 12.1 Å². The lowest BCUT2D eigenvalue weighted by molar-refractivity contribution is -0.138. The number of pyridine rings is 2. The van der Waals surface area contributed by atoms with Gasteiger partial charge in [-0.2, -0.15) is 0 Å². The highest BCUT2D eigenvalue weighted by molar-refractivity contribution is 7.99. The Morgan fingerprint density at radius 3 is 2.07 bits per heavy atom. The number of aliphatic imine (C=N–C) groups is 1. The summed E-state index contributed by atoms with van der Waals surface area (Å²) in [5.41, 5.74) is 7.91. The molecule has 4 aromatic rings. The van der Waals surface area contributed by atoms with Crippen LogP contribution in [0.3, 0.4) is 0 Å². The number of rotatable bonds is 9. The summed E-state index contributed by atoms with van der Waals surface area (Å²) in [5, 5.41) is 16.5. The summed E-state index contributed by atoms with van der Waals surface area (Å²) in [4.78, 5) is 37.9. The minimum absolute atomic E-state index is 0.0482. The molecule has 14 heteroatoms. The van der Waals surface area contributed by atoms with Crippen LogP contribution in [0.25, 0.3) is 0 Å². The minimum atomic E-state index is -1.18. The van der Waals surface area contributed by atoms with Gasteiger partial charge in [0.2, 0.25) is 0 Å². The van der Waals surface area contributed by atoms with Gasteiger partial charge in [-0.05, 0) is 29.8 Å². The summed E-state index contributed by atoms with van der Waals surface area (Å²) < 4.78 is 0. The first-order valence-electron chi connectivity index (χ1n) is 11.7. The van der Waals surface area contributed by atoms with Crippen molar-refractivity contribution in [3.8, 4) is 0 Å². The zero-order chi connectivity index (χ0) is 29.5. The van der Waals surface area contributed by atoms with Crippen LogP contribution >= 0.6 is 58.2 Å². The van der Waals surface area contributed by atoms with Gasteiger partial charge in [0.25, 0.3) is 5.91 Å². The zero-order valence-corrected chi connectivity index (χ0v) is 24.7. The summed E-state index contributed by atoms with van der Waals surface area (Å²) >= 11 is 25.9. The van der Waals surface area contributed by atoms with Crippen molar-refractivity contribution < 1.29 is 14.7 Å². The van der Waals surface area contributed by atoms with Crippen molar-refractivity contribution in [3.05, 3.63) is 105 Å². The van der Waals surface area contributed by atoms with Gasteiger partial charge in [-0.1, -0.05) is 82.4 Å². The predicted molar refractivity (Wildman–Crippen MR) is 164 cm³/mol. The van der Waals surface area contributed by atoms with E-state index in [-0.39, 0.29) is 28.0 Å². The Morgan fingerprint density at radius 2 is 1.46 bits per heavy atom. The van der Waals surface area contributed by atoms with Gasteiger partial charge in [0.1, 0.15) is 0 Å². The molecule has 0 unspecified atom stereocenters. The molecule has 41 heavy (non-hydrogen) atoms. The predicted octanol–water partition coefficient (Wildman–Crippen LogP) is 6.92. The van der Waals surface area contributed by atoms with Crippen molar-refractivity contribution in [1.82, 2.24) is 9.97 Å². The van der Waals surface area contributed by atoms with Gasteiger partial charge >= 0.3 is 5.97 Å². The van der Waals surface area contributed by atoms with Gasteiger partial charge in [0, 0.05) is 41.8 Å². The molecule has 2 heterocycles. The van der Waals surface area contributed by atoms with Crippen LogP contribution in [0.5, 0.6) is 0 Å². The second-order valence-corrected chi connectivity index (χ2v) is 11.0. The number of nitrogens with one attached hydrogen (secondary N) is 2. The molecule has 0 aliphatic rings. The van der Waals surface area contributed by atoms with Crippen LogP contribution < -0.4 is 16.4 Å². The van der Waals surface area contributed by atoms with E-state index < -0.39 is 17.9 Å². The number of aromatic nitrogens is 2. The van der Waals surface area contributed by atoms with Crippen LogP contribution in [0.2, 0.25) is 20.1 Å². The Bertz CT molecular complexity index is 1580. The lowest BCUT2D eigenvalue weighted by atomic mass is 10.1. The molecule has 1 amide bonds. The van der Waals surface area contributed by atoms with Crippen LogP contribution in [0.15, 0.2) is 88.1 Å². The van der Waals surface area contributed by atoms with Crippen molar-refractivity contribution in [1.29, 1.82) is 0 Å². The molecule has 4 rings (SSSR count). The second-order valence-electron chi connectivity index (χ2n) is 8.36. The molecule has 210 valence electrons. The van der Waals surface area contributed by atoms with Crippen molar-refractivity contribution in [2.75, 3.05) is 10.6 Å². The van der Waals surface area contributed by atoms with Crippen LogP contribution in [0.1, 0.15) is 15.9 Å². The third kappa shape index (κ3) is 8.02. The molecule has 2 aromatic heterocycles. The Kier molecular flexibility index (Phi) is 10.3. The first-order chi connectivity index (χ1) is 19.6. The van der Waals surface area contributed by atoms with Crippen LogP contribution in [0.4, 0.5) is 11.4 Å². The molecule has 0 saturated heterocycles. The lowest BCUT2D eigenvalue weighted by Crippen LogP contribution is -2.29. The number of nitrogens with two attached hydrogens (primary N) is 1. The standard InChI is InChI=1S/C27H20Cl4N6O3S/c28-16-10-33-11-17(29)23(16)25(38)35-15-7-5-14(6-8-15)9-21(26(39)40)37-27(32)36-20-3-1-2-4-22(20)41-24-18(30)12-34-13-19(24)31/h1-8,10-13,21H,9H2,(H,35,38)(H,39,40)(H3,32,36,37)/t21-/m0/s1. The average molecular weight is 650 g/mol. The zero-order valence-electron chi connectivity index (χ0n) is 20.8. The maximum absolute atomic E-state index is 12.6. The number of guanidine groups is 1. The Balaban J connectivity index is 1.45. The number of carboxylic acid groups (broad SMARTS) is 1. The number of nitrogens with zero attached hydrogens (tertiary/aromatic N) is 3. The number of carbonyl (C=O) groups is 2. The molecule has 9 nitrogen and oxygen atoms in total. The molecule has 0 fully saturated rings. The van der Waals surface area contributed by atoms with Crippen LogP contribution in [-0.2, 0) is 11.2 Å². The van der Waals surface area contributed by atoms with E-state index in [1.165, 1.54) is 36.5 Å². The summed E-state index contributed by atoms with van der Waals surface area (Å²) in [5.74, 6) is -1.76. The highest BCUT2D eigenvalue weighted by Gasteiger charge is 2.19. The third-order valence-corrected chi connectivity index (χ3v) is 8.06. The van der Waals surface area contributed by atoms with Gasteiger partial charge in [0.15, 0.2) is 12.0 Å². The number of halogens is 4. The van der Waals surface area contributed by atoms with Crippen molar-refractivity contribution in [3.63, 3.8) is 0 Å². The van der Waals surface area contributed by atoms with Crippen molar-refractivity contribution in [2.45, 2.75) is 22.3 Å². The summed E-state index contributed by atoms with van der Waals surface area (Å²) in [6.45, 7) is 0. The van der Waals surface area contributed by atoms with Gasteiger partial charge in [-0.15, -0.1) is 0 Å². The minimum Gasteiger partial charge on any atom is -0.480 e. The maximum atomic E-state index is 12.6. The van der Waals surface area contributed by atoms with Gasteiger partial charge < -0.3 is 21.5 Å². The highest BCUT2D eigenvalue weighted by Crippen LogP contribution is 2.40. The molecular weight excluding hydrogens is 630 g/mol. The smallest absolute Gasteiger partial charge is 0.328 e. The van der Waals surface area contributed by atoms with Gasteiger partial charge in [-0.25, -0.2) is 9.79 Å². The molecule has 5 N–H and O–H groups in total. The van der Waals surface area contributed by atoms with E-state index >= 15 is 0 Å². The molecule has 0 saturated carbocycles. The van der Waals surface area contributed by atoms with E-state index in [0.717, 1.165) is 4.90 Å². The number of amides is 1. The van der Waals surface area contributed by atoms with E-state index in [1.54, 1.807) is 36.4 Å². The average Bonchev–Trinajstić information content (AvgIpc) is 2.92. The van der Waals surface area contributed by atoms with Crippen molar-refractivity contribution >= 4 is 87.4 Å². The number of hydrogen-bond acceptors (Lipinski definition) is 6. The Morgan fingerprint density at radius 1 is 0.878 bits per heavy atom. The number of carbonyl (C=O) groups excluding carboxylic acids is 1. The quantitative estimate of drug-likeness (QED) is 0.113.